The third kappa shape index (κ3) is 6.36. The Hall–Kier alpha value is -3.02. The maximum absolute atomic E-state index is 14.0. The summed E-state index contributed by atoms with van der Waals surface area (Å²) in [4.78, 5) is 36.7. The number of hydrogen-bond donors (Lipinski definition) is 1. The summed E-state index contributed by atoms with van der Waals surface area (Å²) in [6, 6.07) is 7.99. The van der Waals surface area contributed by atoms with E-state index < -0.39 is 45.4 Å². The van der Waals surface area contributed by atoms with Gasteiger partial charge in [0.1, 0.15) is 5.82 Å². The molecule has 1 fully saturated rings. The molecule has 1 heterocycles. The first-order valence-electron chi connectivity index (χ1n) is 10.6. The van der Waals surface area contributed by atoms with Crippen LogP contribution in [0, 0.1) is 11.7 Å². The number of esters is 2. The number of nitrogens with one attached hydrogen (secondary N) is 1. The largest absolute Gasteiger partial charge is 0.465 e. The first-order valence-corrected chi connectivity index (χ1v) is 12.6. The number of nitrogens with zero attached hydrogens (tertiary/aromatic N) is 1. The van der Waals surface area contributed by atoms with Crippen molar-refractivity contribution in [2.75, 3.05) is 32.6 Å². The van der Waals surface area contributed by atoms with Crippen LogP contribution in [-0.4, -0.2) is 57.9 Å². The van der Waals surface area contributed by atoms with Crippen molar-refractivity contribution >= 4 is 45.2 Å². The molecule has 188 valence electrons. The Kier molecular flexibility index (Phi) is 8.47. The molecule has 0 atom stereocenters. The highest BCUT2D eigenvalue weighted by Crippen LogP contribution is 2.27. The summed E-state index contributed by atoms with van der Waals surface area (Å²) in [5, 5.41) is 2.70. The van der Waals surface area contributed by atoms with Gasteiger partial charge in [-0.15, -0.1) is 0 Å². The van der Waals surface area contributed by atoms with Gasteiger partial charge in [-0.25, -0.2) is 26.7 Å². The van der Waals surface area contributed by atoms with Gasteiger partial charge in [0.25, 0.3) is 0 Å². The first-order chi connectivity index (χ1) is 16.6. The molecule has 1 aliphatic heterocycles. The minimum Gasteiger partial charge on any atom is -0.465 e. The molecule has 35 heavy (non-hydrogen) atoms. The molecule has 2 aromatic carbocycles. The smallest absolute Gasteiger partial charge is 0.337 e. The zero-order chi connectivity index (χ0) is 25.8. The maximum Gasteiger partial charge on any atom is 0.337 e. The van der Waals surface area contributed by atoms with Crippen LogP contribution in [0.4, 0.5) is 10.1 Å². The number of benzene rings is 2. The van der Waals surface area contributed by atoms with E-state index in [1.54, 1.807) is 0 Å². The van der Waals surface area contributed by atoms with Crippen molar-refractivity contribution in [1.29, 1.82) is 0 Å². The topological polar surface area (TPSA) is 119 Å². The Morgan fingerprint density at radius 1 is 1.06 bits per heavy atom. The van der Waals surface area contributed by atoms with Crippen molar-refractivity contribution in [2.24, 2.45) is 5.92 Å². The summed E-state index contributed by atoms with van der Waals surface area (Å²) in [7, 11) is -1.48. The molecule has 1 N–H and O–H groups in total. The van der Waals surface area contributed by atoms with Gasteiger partial charge in [-0.3, -0.25) is 4.79 Å². The van der Waals surface area contributed by atoms with Crippen molar-refractivity contribution in [3.05, 3.63) is 63.9 Å². The Balaban J connectivity index is 1.67. The number of carbonyl (C=O) groups is 3. The molecule has 0 spiro atoms. The molecule has 0 unspecified atom stereocenters. The van der Waals surface area contributed by atoms with Gasteiger partial charge in [0.05, 0.1) is 31.1 Å². The van der Waals surface area contributed by atoms with Gasteiger partial charge in [-0.2, -0.15) is 0 Å². The van der Waals surface area contributed by atoms with Crippen LogP contribution in [0.5, 0.6) is 0 Å². The molecule has 9 nitrogen and oxygen atoms in total. The fraction of sp³-hybridized carbons (Fsp3) is 0.348. The Morgan fingerprint density at radius 2 is 1.63 bits per heavy atom. The van der Waals surface area contributed by atoms with Gasteiger partial charge >= 0.3 is 11.9 Å². The molecule has 2 aromatic rings. The van der Waals surface area contributed by atoms with Crippen LogP contribution in [0.15, 0.2) is 36.4 Å². The van der Waals surface area contributed by atoms with E-state index >= 15 is 0 Å². The van der Waals surface area contributed by atoms with E-state index in [9.17, 15) is 27.2 Å². The highest BCUT2D eigenvalue weighted by molar-refractivity contribution is 7.88. The van der Waals surface area contributed by atoms with Gasteiger partial charge in [-0.05, 0) is 43.2 Å². The fourth-order valence-corrected chi connectivity index (χ4v) is 5.67. The van der Waals surface area contributed by atoms with Gasteiger partial charge < -0.3 is 14.8 Å². The highest BCUT2D eigenvalue weighted by atomic mass is 35.5. The number of amides is 1. The molecular weight excluding hydrogens is 503 g/mol. The Bertz CT molecular complexity index is 1190. The summed E-state index contributed by atoms with van der Waals surface area (Å²) in [5.41, 5.74) is 0.209. The summed E-state index contributed by atoms with van der Waals surface area (Å²) < 4.78 is 50.2. The quantitative estimate of drug-likeness (QED) is 0.550. The number of anilines is 1. The average Bonchev–Trinajstić information content (AvgIpc) is 2.85. The highest BCUT2D eigenvalue weighted by Gasteiger charge is 2.32. The number of methoxy groups -OCH3 is 2. The second-order valence-electron chi connectivity index (χ2n) is 7.90. The van der Waals surface area contributed by atoms with Crippen molar-refractivity contribution in [3.8, 4) is 0 Å². The molecule has 3 rings (SSSR count). The second kappa shape index (κ2) is 11.1. The lowest BCUT2D eigenvalue weighted by Gasteiger charge is -2.30. The first kappa shape index (κ1) is 26.6. The maximum atomic E-state index is 14.0. The summed E-state index contributed by atoms with van der Waals surface area (Å²) in [5.74, 6) is -3.57. The minimum absolute atomic E-state index is 0.0309. The number of rotatable bonds is 7. The number of halogens is 2. The number of hydrogen-bond acceptors (Lipinski definition) is 7. The van der Waals surface area contributed by atoms with Crippen molar-refractivity contribution < 1.29 is 36.7 Å². The third-order valence-corrected chi connectivity index (χ3v) is 7.81. The van der Waals surface area contributed by atoms with E-state index in [0.717, 1.165) is 6.07 Å². The summed E-state index contributed by atoms with van der Waals surface area (Å²) in [6.07, 6.45) is 0.466. The predicted molar refractivity (Wildman–Crippen MR) is 126 cm³/mol. The summed E-state index contributed by atoms with van der Waals surface area (Å²) in [6.45, 7) is 0.143. The molecule has 0 aromatic heterocycles. The summed E-state index contributed by atoms with van der Waals surface area (Å²) >= 11 is 5.96. The molecule has 1 saturated heterocycles. The van der Waals surface area contributed by atoms with Crippen LogP contribution >= 0.6 is 11.6 Å². The second-order valence-corrected chi connectivity index (χ2v) is 10.3. The number of carbonyl (C=O) groups excluding carboxylic acids is 3. The molecular formula is C23H24ClFN2O7S. The molecule has 1 aliphatic rings. The van der Waals surface area contributed by atoms with Gasteiger partial charge in [0, 0.05) is 35.3 Å². The lowest BCUT2D eigenvalue weighted by molar-refractivity contribution is -0.120. The van der Waals surface area contributed by atoms with Crippen molar-refractivity contribution in [1.82, 2.24) is 4.31 Å². The number of ether oxygens (including phenoxy) is 2. The molecule has 0 bridgehead atoms. The van der Waals surface area contributed by atoms with Crippen LogP contribution in [0.3, 0.4) is 0 Å². The van der Waals surface area contributed by atoms with Gasteiger partial charge in [0.15, 0.2) is 0 Å². The average molecular weight is 527 g/mol. The fourth-order valence-electron chi connectivity index (χ4n) is 3.76. The lowest BCUT2D eigenvalue weighted by atomic mass is 9.97. The lowest BCUT2D eigenvalue weighted by Crippen LogP contribution is -2.42. The zero-order valence-electron chi connectivity index (χ0n) is 19.0. The Labute approximate surface area is 207 Å². The van der Waals surface area contributed by atoms with Crippen molar-refractivity contribution in [3.63, 3.8) is 0 Å². The van der Waals surface area contributed by atoms with E-state index in [0.29, 0.717) is 0 Å². The van der Waals surface area contributed by atoms with Crippen LogP contribution in [-0.2, 0) is 30.0 Å². The van der Waals surface area contributed by atoms with E-state index in [1.165, 1.54) is 48.9 Å². The van der Waals surface area contributed by atoms with Crippen LogP contribution < -0.4 is 5.32 Å². The van der Waals surface area contributed by atoms with E-state index in [4.69, 9.17) is 11.6 Å². The van der Waals surface area contributed by atoms with Crippen LogP contribution in [0.2, 0.25) is 5.02 Å². The van der Waals surface area contributed by atoms with Crippen molar-refractivity contribution in [2.45, 2.75) is 18.6 Å². The van der Waals surface area contributed by atoms with E-state index in [2.05, 4.69) is 14.8 Å². The standard InChI is InChI=1S/C23H24ClFN2O7S/c1-33-22(29)15-10-16(23(30)34-2)12-17(11-15)26-21(28)14-6-8-27(9-7-14)35(31,32)13-18-19(24)4-3-5-20(18)25/h3-5,10-12,14H,6-9,13H2,1-2H3,(H,26,28). The number of sulfonamides is 1. The monoisotopic (exact) mass is 526 g/mol. The van der Waals surface area contributed by atoms with Gasteiger partial charge in [-0.1, -0.05) is 17.7 Å². The SMILES string of the molecule is COC(=O)c1cc(NC(=O)C2CCN(S(=O)(=O)Cc3c(F)cccc3Cl)CC2)cc(C(=O)OC)c1. The number of piperidine rings is 1. The predicted octanol–water partition coefficient (Wildman–Crippen LogP) is 3.23. The minimum atomic E-state index is -3.85. The molecule has 12 heteroatoms. The van der Waals surface area contributed by atoms with Gasteiger partial charge in [0.2, 0.25) is 15.9 Å². The van der Waals surface area contributed by atoms with E-state index in [1.807, 2.05) is 0 Å². The molecule has 0 aliphatic carbocycles. The Morgan fingerprint density at radius 3 is 2.14 bits per heavy atom. The normalized spacial score (nSPS) is 14.9. The zero-order valence-corrected chi connectivity index (χ0v) is 20.6. The van der Waals surface area contributed by atoms with Crippen LogP contribution in [0.25, 0.3) is 0 Å². The molecule has 0 saturated carbocycles. The molecule has 0 radical (unpaired) electrons. The van der Waals surface area contributed by atoms with Crippen LogP contribution in [0.1, 0.15) is 39.1 Å². The van der Waals surface area contributed by atoms with E-state index in [-0.39, 0.29) is 53.3 Å². The molecule has 1 amide bonds. The third-order valence-electron chi connectivity index (χ3n) is 5.65.